The van der Waals surface area contributed by atoms with E-state index in [4.69, 9.17) is 5.11 Å². The van der Waals surface area contributed by atoms with Crippen molar-refractivity contribution >= 4 is 5.97 Å². The summed E-state index contributed by atoms with van der Waals surface area (Å²) in [4.78, 5) is 10.9. The van der Waals surface area contributed by atoms with Gasteiger partial charge in [0.2, 0.25) is 0 Å². The molecule has 0 spiro atoms. The molecule has 0 bridgehead atoms. The van der Waals surface area contributed by atoms with Gasteiger partial charge in [-0.25, -0.2) is 9.48 Å². The van der Waals surface area contributed by atoms with Gasteiger partial charge in [0.25, 0.3) is 0 Å². The highest BCUT2D eigenvalue weighted by atomic mass is 16.4. The molecule has 0 saturated carbocycles. The van der Waals surface area contributed by atoms with Gasteiger partial charge >= 0.3 is 5.97 Å². The molecule has 0 aliphatic carbocycles. The lowest BCUT2D eigenvalue weighted by Crippen LogP contribution is -2.10. The van der Waals surface area contributed by atoms with E-state index in [2.05, 4.69) is 50.1 Å². The van der Waals surface area contributed by atoms with E-state index in [1.165, 1.54) is 5.56 Å². The zero-order valence-corrected chi connectivity index (χ0v) is 14.0. The molecule has 3 aromatic rings. The Labute approximate surface area is 141 Å². The van der Waals surface area contributed by atoms with Crippen LogP contribution in [0.15, 0.2) is 60.9 Å². The molecule has 4 heteroatoms. The highest BCUT2D eigenvalue weighted by Crippen LogP contribution is 2.24. The highest BCUT2D eigenvalue weighted by Gasteiger charge is 2.13. The first-order valence-corrected chi connectivity index (χ1v) is 7.84. The summed E-state index contributed by atoms with van der Waals surface area (Å²) in [7, 11) is 0. The molecule has 1 aromatic heterocycles. The molecule has 4 nitrogen and oxygen atoms in total. The molecular formula is C20H20N2O2. The summed E-state index contributed by atoms with van der Waals surface area (Å²) in [6, 6.07) is 15.2. The van der Waals surface area contributed by atoms with Crippen molar-refractivity contribution in [1.82, 2.24) is 9.78 Å². The molecule has 1 N–H and O–H groups in total. The lowest BCUT2D eigenvalue weighted by molar-refractivity contribution is 0.0697. The third-order valence-corrected chi connectivity index (χ3v) is 4.05. The van der Waals surface area contributed by atoms with Crippen LogP contribution in [0.4, 0.5) is 0 Å². The third kappa shape index (κ3) is 3.23. The van der Waals surface area contributed by atoms with Gasteiger partial charge in [-0.1, -0.05) is 45.0 Å². The van der Waals surface area contributed by atoms with Crippen molar-refractivity contribution in [3.8, 4) is 16.8 Å². The molecule has 0 amide bonds. The average Bonchev–Trinajstić information content (AvgIpc) is 3.04. The Bertz CT molecular complexity index is 854. The van der Waals surface area contributed by atoms with Gasteiger partial charge in [0, 0.05) is 11.8 Å². The van der Waals surface area contributed by atoms with Crippen molar-refractivity contribution < 1.29 is 9.90 Å². The van der Waals surface area contributed by atoms with E-state index in [1.54, 1.807) is 30.5 Å². The number of hydrogen-bond donors (Lipinski definition) is 1. The van der Waals surface area contributed by atoms with Crippen molar-refractivity contribution in [2.45, 2.75) is 26.2 Å². The summed E-state index contributed by atoms with van der Waals surface area (Å²) in [5.74, 6) is -0.920. The quantitative estimate of drug-likeness (QED) is 0.771. The number of carboxylic acids is 1. The first kappa shape index (κ1) is 16.0. The zero-order chi connectivity index (χ0) is 17.3. The van der Waals surface area contributed by atoms with Crippen LogP contribution in [0.1, 0.15) is 36.7 Å². The normalized spacial score (nSPS) is 11.5. The monoisotopic (exact) mass is 320 g/mol. The third-order valence-electron chi connectivity index (χ3n) is 4.05. The minimum Gasteiger partial charge on any atom is -0.478 e. The molecule has 2 aromatic carbocycles. The summed E-state index contributed by atoms with van der Waals surface area (Å²) in [5, 5.41) is 13.4. The number of carbonyl (C=O) groups is 1. The second-order valence-electron chi connectivity index (χ2n) is 6.85. The topological polar surface area (TPSA) is 55.1 Å². The lowest BCUT2D eigenvalue weighted by Gasteiger charge is -2.19. The Hall–Kier alpha value is -2.88. The van der Waals surface area contributed by atoms with Crippen molar-refractivity contribution in [2.75, 3.05) is 0 Å². The SMILES string of the molecule is CC(C)(C)c1ccc(-n2cc(-c3ccc(C(=O)O)cc3)cn2)cc1. The summed E-state index contributed by atoms with van der Waals surface area (Å²) >= 11 is 0. The summed E-state index contributed by atoms with van der Waals surface area (Å²) < 4.78 is 1.83. The Kier molecular flexibility index (Phi) is 3.97. The van der Waals surface area contributed by atoms with Crippen LogP contribution >= 0.6 is 0 Å². The maximum absolute atomic E-state index is 10.9. The Morgan fingerprint density at radius 2 is 1.58 bits per heavy atom. The first-order valence-electron chi connectivity index (χ1n) is 7.84. The van der Waals surface area contributed by atoms with Gasteiger partial charge in [-0.3, -0.25) is 0 Å². The Morgan fingerprint density at radius 3 is 2.12 bits per heavy atom. The van der Waals surface area contributed by atoms with Crippen LogP contribution in [0.5, 0.6) is 0 Å². The Balaban J connectivity index is 1.86. The molecule has 1 heterocycles. The van der Waals surface area contributed by atoms with E-state index in [0.717, 1.165) is 16.8 Å². The predicted octanol–water partition coefficient (Wildman–Crippen LogP) is 4.54. The van der Waals surface area contributed by atoms with E-state index >= 15 is 0 Å². The van der Waals surface area contributed by atoms with Gasteiger partial charge in [0.15, 0.2) is 0 Å². The molecule has 0 fully saturated rings. The van der Waals surface area contributed by atoms with Gasteiger partial charge in [-0.15, -0.1) is 0 Å². The minimum atomic E-state index is -0.920. The lowest BCUT2D eigenvalue weighted by atomic mass is 9.87. The van der Waals surface area contributed by atoms with Crippen LogP contribution < -0.4 is 0 Å². The second kappa shape index (κ2) is 5.96. The van der Waals surface area contributed by atoms with Crippen LogP contribution in [-0.2, 0) is 5.41 Å². The predicted molar refractivity (Wildman–Crippen MR) is 94.7 cm³/mol. The highest BCUT2D eigenvalue weighted by molar-refractivity contribution is 5.88. The average molecular weight is 320 g/mol. The van der Waals surface area contributed by atoms with Crippen molar-refractivity contribution in [1.29, 1.82) is 0 Å². The number of aromatic nitrogens is 2. The van der Waals surface area contributed by atoms with Gasteiger partial charge in [-0.05, 0) is 40.8 Å². The Morgan fingerprint density at radius 1 is 0.958 bits per heavy atom. The number of nitrogens with zero attached hydrogens (tertiary/aromatic N) is 2. The summed E-state index contributed by atoms with van der Waals surface area (Å²) in [6.45, 7) is 6.57. The number of aromatic carboxylic acids is 1. The molecule has 0 aliphatic heterocycles. The maximum Gasteiger partial charge on any atom is 0.335 e. The molecular weight excluding hydrogens is 300 g/mol. The van der Waals surface area contributed by atoms with Gasteiger partial charge in [0.05, 0.1) is 17.4 Å². The fourth-order valence-corrected chi connectivity index (χ4v) is 2.53. The molecule has 0 aliphatic rings. The van der Waals surface area contributed by atoms with E-state index in [1.807, 2.05) is 10.9 Å². The maximum atomic E-state index is 10.9. The summed E-state index contributed by atoms with van der Waals surface area (Å²) in [5.41, 5.74) is 4.58. The number of benzene rings is 2. The molecule has 122 valence electrons. The molecule has 3 rings (SSSR count). The number of rotatable bonds is 3. The van der Waals surface area contributed by atoms with Gasteiger partial charge < -0.3 is 5.11 Å². The smallest absolute Gasteiger partial charge is 0.335 e. The van der Waals surface area contributed by atoms with E-state index in [9.17, 15) is 4.79 Å². The van der Waals surface area contributed by atoms with Crippen LogP contribution in [0.2, 0.25) is 0 Å². The van der Waals surface area contributed by atoms with E-state index in [-0.39, 0.29) is 11.0 Å². The largest absolute Gasteiger partial charge is 0.478 e. The van der Waals surface area contributed by atoms with Crippen molar-refractivity contribution in [3.63, 3.8) is 0 Å². The van der Waals surface area contributed by atoms with Gasteiger partial charge in [-0.2, -0.15) is 5.10 Å². The van der Waals surface area contributed by atoms with Crippen molar-refractivity contribution in [2.24, 2.45) is 0 Å². The van der Waals surface area contributed by atoms with E-state index in [0.29, 0.717) is 0 Å². The fourth-order valence-electron chi connectivity index (χ4n) is 2.53. The molecule has 0 unspecified atom stereocenters. The first-order chi connectivity index (χ1) is 11.3. The number of carboxylic acid groups (broad SMARTS) is 1. The second-order valence-corrected chi connectivity index (χ2v) is 6.85. The molecule has 0 atom stereocenters. The zero-order valence-electron chi connectivity index (χ0n) is 14.0. The standard InChI is InChI=1S/C20H20N2O2/c1-20(2,3)17-8-10-18(11-9-17)22-13-16(12-21-22)14-4-6-15(7-5-14)19(23)24/h4-13H,1-3H3,(H,23,24). The minimum absolute atomic E-state index is 0.125. The van der Waals surface area contributed by atoms with Crippen LogP contribution in [0.3, 0.4) is 0 Å². The fraction of sp³-hybridized carbons (Fsp3) is 0.200. The van der Waals surface area contributed by atoms with Crippen molar-refractivity contribution in [3.05, 3.63) is 72.1 Å². The van der Waals surface area contributed by atoms with Crippen LogP contribution in [0.25, 0.3) is 16.8 Å². The van der Waals surface area contributed by atoms with E-state index < -0.39 is 5.97 Å². The van der Waals surface area contributed by atoms with Crippen LogP contribution in [-0.4, -0.2) is 20.9 Å². The molecule has 0 radical (unpaired) electrons. The number of hydrogen-bond acceptors (Lipinski definition) is 2. The molecule has 0 saturated heterocycles. The molecule has 24 heavy (non-hydrogen) atoms. The summed E-state index contributed by atoms with van der Waals surface area (Å²) in [6.07, 6.45) is 3.73. The van der Waals surface area contributed by atoms with Gasteiger partial charge in [0.1, 0.15) is 0 Å². The van der Waals surface area contributed by atoms with Crippen LogP contribution in [0, 0.1) is 0 Å².